The van der Waals surface area contributed by atoms with Crippen LogP contribution in [0.3, 0.4) is 0 Å². The lowest BCUT2D eigenvalue weighted by Crippen LogP contribution is -2.38. The van der Waals surface area contributed by atoms with Gasteiger partial charge in [0.15, 0.2) is 0 Å². The maximum atomic E-state index is 12.8. The Balaban J connectivity index is 1.69. The molecule has 0 radical (unpaired) electrons. The van der Waals surface area contributed by atoms with Crippen molar-refractivity contribution in [2.75, 3.05) is 13.6 Å². The van der Waals surface area contributed by atoms with E-state index >= 15 is 0 Å². The Labute approximate surface area is 163 Å². The molecule has 0 atom stereocenters. The van der Waals surface area contributed by atoms with Crippen LogP contribution in [0, 0.1) is 0 Å². The molecule has 27 heavy (non-hydrogen) atoms. The molecule has 0 spiro atoms. The molecule has 1 N–H and O–H groups in total. The molecule has 3 aromatic carbocycles. The van der Waals surface area contributed by atoms with Crippen molar-refractivity contribution in [1.29, 1.82) is 0 Å². The number of hydrogen-bond acceptors (Lipinski definition) is 3. The van der Waals surface area contributed by atoms with Crippen molar-refractivity contribution in [1.82, 2.24) is 9.62 Å². The van der Waals surface area contributed by atoms with Gasteiger partial charge in [0.05, 0.1) is 11.4 Å². The smallest absolute Gasteiger partial charge is 0.243 e. The summed E-state index contributed by atoms with van der Waals surface area (Å²) >= 11 is 6.06. The number of likely N-dealkylation sites (N-methyl/N-ethyl adjacent to an activating group) is 1. The van der Waals surface area contributed by atoms with Crippen LogP contribution in [0.2, 0.25) is 5.02 Å². The first kappa shape index (κ1) is 19.4. The number of carbonyl (C=O) groups is 1. The number of hydrogen-bond donors (Lipinski definition) is 1. The number of fused-ring (bicyclic) bond motifs is 1. The summed E-state index contributed by atoms with van der Waals surface area (Å²) in [6.07, 6.45) is 0. The zero-order valence-electron chi connectivity index (χ0n) is 14.7. The van der Waals surface area contributed by atoms with E-state index in [0.29, 0.717) is 5.02 Å². The monoisotopic (exact) mass is 402 g/mol. The third-order valence-corrected chi connectivity index (χ3v) is 6.40. The van der Waals surface area contributed by atoms with Crippen molar-refractivity contribution in [2.24, 2.45) is 0 Å². The second-order valence-corrected chi connectivity index (χ2v) is 8.59. The van der Waals surface area contributed by atoms with E-state index in [1.54, 1.807) is 36.4 Å². The molecule has 0 aromatic heterocycles. The van der Waals surface area contributed by atoms with Gasteiger partial charge < -0.3 is 5.32 Å². The molecule has 140 valence electrons. The second kappa shape index (κ2) is 8.08. The molecule has 3 rings (SSSR count). The minimum Gasteiger partial charge on any atom is -0.351 e. The van der Waals surface area contributed by atoms with E-state index in [1.807, 2.05) is 30.3 Å². The van der Waals surface area contributed by atoms with E-state index in [0.717, 1.165) is 20.6 Å². The SMILES string of the molecule is CN(CC(=O)NCc1ccccc1Cl)S(=O)(=O)c1ccc2ccccc2c1. The lowest BCUT2D eigenvalue weighted by atomic mass is 10.1. The van der Waals surface area contributed by atoms with Crippen LogP contribution in [-0.2, 0) is 21.4 Å². The van der Waals surface area contributed by atoms with Crippen molar-refractivity contribution in [3.63, 3.8) is 0 Å². The van der Waals surface area contributed by atoms with Gasteiger partial charge in [-0.25, -0.2) is 8.42 Å². The topological polar surface area (TPSA) is 66.5 Å². The molecule has 7 heteroatoms. The van der Waals surface area contributed by atoms with Crippen molar-refractivity contribution < 1.29 is 13.2 Å². The highest BCUT2D eigenvalue weighted by atomic mass is 35.5. The van der Waals surface area contributed by atoms with Gasteiger partial charge >= 0.3 is 0 Å². The van der Waals surface area contributed by atoms with Gasteiger partial charge in [0, 0.05) is 18.6 Å². The Morgan fingerprint density at radius 1 is 1.00 bits per heavy atom. The van der Waals surface area contributed by atoms with Crippen LogP contribution in [-0.4, -0.2) is 32.2 Å². The van der Waals surface area contributed by atoms with E-state index in [-0.39, 0.29) is 18.0 Å². The van der Waals surface area contributed by atoms with Gasteiger partial charge in [-0.15, -0.1) is 0 Å². The minimum atomic E-state index is -3.77. The predicted molar refractivity (Wildman–Crippen MR) is 107 cm³/mol. The van der Waals surface area contributed by atoms with Gasteiger partial charge in [-0.3, -0.25) is 4.79 Å². The fourth-order valence-electron chi connectivity index (χ4n) is 2.69. The number of halogens is 1. The summed E-state index contributed by atoms with van der Waals surface area (Å²) in [7, 11) is -2.38. The summed E-state index contributed by atoms with van der Waals surface area (Å²) in [4.78, 5) is 12.3. The van der Waals surface area contributed by atoms with Gasteiger partial charge in [-0.2, -0.15) is 4.31 Å². The quantitative estimate of drug-likeness (QED) is 0.686. The van der Waals surface area contributed by atoms with Crippen LogP contribution in [0.4, 0.5) is 0 Å². The number of benzene rings is 3. The summed E-state index contributed by atoms with van der Waals surface area (Å²) in [6, 6.07) is 19.6. The summed E-state index contributed by atoms with van der Waals surface area (Å²) < 4.78 is 26.6. The molecular weight excluding hydrogens is 384 g/mol. The number of nitrogens with one attached hydrogen (secondary N) is 1. The van der Waals surface area contributed by atoms with Crippen molar-refractivity contribution in [3.8, 4) is 0 Å². The van der Waals surface area contributed by atoms with E-state index in [2.05, 4.69) is 5.32 Å². The van der Waals surface area contributed by atoms with Crippen LogP contribution in [0.1, 0.15) is 5.56 Å². The summed E-state index contributed by atoms with van der Waals surface area (Å²) in [6.45, 7) is -0.0397. The van der Waals surface area contributed by atoms with Gasteiger partial charge in [-0.05, 0) is 34.5 Å². The third kappa shape index (κ3) is 4.47. The van der Waals surface area contributed by atoms with Crippen LogP contribution < -0.4 is 5.32 Å². The van der Waals surface area contributed by atoms with E-state index in [4.69, 9.17) is 11.6 Å². The zero-order valence-corrected chi connectivity index (χ0v) is 16.3. The predicted octanol–water partition coefficient (Wildman–Crippen LogP) is 3.43. The molecule has 3 aromatic rings. The fraction of sp³-hybridized carbons (Fsp3) is 0.150. The molecule has 0 unspecified atom stereocenters. The minimum absolute atomic E-state index is 0.155. The van der Waals surface area contributed by atoms with E-state index in [1.165, 1.54) is 7.05 Å². The molecule has 0 aliphatic carbocycles. The van der Waals surface area contributed by atoms with Gasteiger partial charge in [0.25, 0.3) is 0 Å². The number of amides is 1. The van der Waals surface area contributed by atoms with Gasteiger partial charge in [-0.1, -0.05) is 60.1 Å². The Morgan fingerprint density at radius 2 is 1.67 bits per heavy atom. The van der Waals surface area contributed by atoms with Crippen LogP contribution in [0.15, 0.2) is 71.6 Å². The molecule has 0 heterocycles. The van der Waals surface area contributed by atoms with E-state index in [9.17, 15) is 13.2 Å². The average Bonchev–Trinajstić information content (AvgIpc) is 2.67. The fourth-order valence-corrected chi connectivity index (χ4v) is 4.05. The van der Waals surface area contributed by atoms with Crippen molar-refractivity contribution in [3.05, 3.63) is 77.3 Å². The standard InChI is InChI=1S/C20H19ClN2O3S/c1-23(14-20(24)22-13-17-8-4-5-9-19(17)21)27(25,26)18-11-10-15-6-2-3-7-16(15)12-18/h2-12H,13-14H2,1H3,(H,22,24). The molecule has 0 saturated heterocycles. The zero-order chi connectivity index (χ0) is 19.4. The average molecular weight is 403 g/mol. The first-order valence-electron chi connectivity index (χ1n) is 8.33. The van der Waals surface area contributed by atoms with Crippen molar-refractivity contribution in [2.45, 2.75) is 11.4 Å². The highest BCUT2D eigenvalue weighted by molar-refractivity contribution is 7.89. The van der Waals surface area contributed by atoms with Crippen LogP contribution >= 0.6 is 11.6 Å². The molecular formula is C20H19ClN2O3S. The summed E-state index contributed by atoms with van der Waals surface area (Å²) in [5, 5.41) is 5.03. The van der Waals surface area contributed by atoms with Crippen LogP contribution in [0.5, 0.6) is 0 Å². The lowest BCUT2D eigenvalue weighted by molar-refractivity contribution is -0.121. The highest BCUT2D eigenvalue weighted by Crippen LogP contribution is 2.21. The van der Waals surface area contributed by atoms with E-state index < -0.39 is 15.9 Å². The Morgan fingerprint density at radius 3 is 2.41 bits per heavy atom. The number of sulfonamides is 1. The molecule has 0 aliphatic heterocycles. The Hall–Kier alpha value is -2.41. The molecule has 1 amide bonds. The number of carbonyl (C=O) groups excluding carboxylic acids is 1. The molecule has 0 aliphatic rings. The second-order valence-electron chi connectivity index (χ2n) is 6.14. The maximum Gasteiger partial charge on any atom is 0.243 e. The normalized spacial score (nSPS) is 11.7. The maximum absolute atomic E-state index is 12.8. The number of nitrogens with zero attached hydrogens (tertiary/aromatic N) is 1. The Kier molecular flexibility index (Phi) is 5.79. The summed E-state index contributed by atoms with van der Waals surface area (Å²) in [5.74, 6) is -0.401. The van der Waals surface area contributed by atoms with Crippen molar-refractivity contribution >= 4 is 38.3 Å². The third-order valence-electron chi connectivity index (χ3n) is 4.23. The largest absolute Gasteiger partial charge is 0.351 e. The number of rotatable bonds is 6. The van der Waals surface area contributed by atoms with Crippen LogP contribution in [0.25, 0.3) is 10.8 Å². The highest BCUT2D eigenvalue weighted by Gasteiger charge is 2.23. The molecule has 0 saturated carbocycles. The molecule has 0 bridgehead atoms. The Bertz CT molecular complexity index is 1080. The van der Waals surface area contributed by atoms with Gasteiger partial charge in [0.1, 0.15) is 0 Å². The van der Waals surface area contributed by atoms with Gasteiger partial charge in [0.2, 0.25) is 15.9 Å². The molecule has 0 fully saturated rings. The molecule has 5 nitrogen and oxygen atoms in total. The lowest BCUT2D eigenvalue weighted by Gasteiger charge is -2.17. The first-order chi connectivity index (χ1) is 12.9. The first-order valence-corrected chi connectivity index (χ1v) is 10.1. The summed E-state index contributed by atoms with van der Waals surface area (Å²) in [5.41, 5.74) is 0.771.